The summed E-state index contributed by atoms with van der Waals surface area (Å²) in [4.78, 5) is 14.3. The van der Waals surface area contributed by atoms with Crippen LogP contribution >= 0.6 is 0 Å². The third-order valence-corrected chi connectivity index (χ3v) is 3.76. The lowest BCUT2D eigenvalue weighted by Crippen LogP contribution is -2.39. The molecule has 0 spiro atoms. The molecular formula is C17H21NO3. The van der Waals surface area contributed by atoms with Gasteiger partial charge in [-0.15, -0.1) is 6.42 Å². The van der Waals surface area contributed by atoms with E-state index in [1.807, 2.05) is 23.1 Å². The Bertz CT molecular complexity index is 513. The molecule has 0 aliphatic carbocycles. The number of carbonyl (C=O) groups is 1. The van der Waals surface area contributed by atoms with Crippen LogP contribution < -0.4 is 4.74 Å². The maximum Gasteiger partial charge on any atom is 0.253 e. The maximum atomic E-state index is 12.4. The number of ether oxygens (including phenoxy) is 2. The molecule has 4 nitrogen and oxygen atoms in total. The Labute approximate surface area is 126 Å². The highest BCUT2D eigenvalue weighted by molar-refractivity contribution is 5.94. The minimum atomic E-state index is 0.0666. The van der Waals surface area contributed by atoms with Crippen molar-refractivity contribution in [2.45, 2.75) is 12.8 Å². The molecule has 112 valence electrons. The third kappa shape index (κ3) is 4.24. The number of benzene rings is 1. The van der Waals surface area contributed by atoms with Gasteiger partial charge < -0.3 is 14.4 Å². The summed E-state index contributed by atoms with van der Waals surface area (Å²) in [6.07, 6.45) is 7.07. The lowest BCUT2D eigenvalue weighted by atomic mass is 9.97. The zero-order valence-corrected chi connectivity index (χ0v) is 12.4. The zero-order chi connectivity index (χ0) is 15.1. The number of carbonyl (C=O) groups excluding carboxylic acids is 1. The van der Waals surface area contributed by atoms with Crippen LogP contribution in [0.3, 0.4) is 0 Å². The molecule has 1 aliphatic rings. The second-order valence-electron chi connectivity index (χ2n) is 5.19. The molecule has 1 aromatic rings. The quantitative estimate of drug-likeness (QED) is 0.615. The van der Waals surface area contributed by atoms with E-state index in [-0.39, 0.29) is 5.91 Å². The lowest BCUT2D eigenvalue weighted by Gasteiger charge is -2.31. The van der Waals surface area contributed by atoms with Gasteiger partial charge in [0, 0.05) is 18.7 Å². The Balaban J connectivity index is 1.86. The van der Waals surface area contributed by atoms with Crippen molar-refractivity contribution >= 4 is 5.91 Å². The first kappa shape index (κ1) is 15.4. The Morgan fingerprint density at radius 1 is 1.43 bits per heavy atom. The molecule has 1 aliphatic heterocycles. The molecule has 0 bridgehead atoms. The van der Waals surface area contributed by atoms with Gasteiger partial charge in [0.2, 0.25) is 0 Å². The van der Waals surface area contributed by atoms with Gasteiger partial charge in [-0.1, -0.05) is 12.0 Å². The van der Waals surface area contributed by atoms with Gasteiger partial charge in [0.1, 0.15) is 12.4 Å². The van der Waals surface area contributed by atoms with Gasteiger partial charge in [-0.05, 0) is 37.0 Å². The normalized spacial score (nSPS) is 15.5. The fourth-order valence-electron chi connectivity index (χ4n) is 2.53. The van der Waals surface area contributed by atoms with E-state index in [2.05, 4.69) is 5.92 Å². The van der Waals surface area contributed by atoms with Crippen molar-refractivity contribution in [2.75, 3.05) is 33.4 Å². The monoisotopic (exact) mass is 287 g/mol. The van der Waals surface area contributed by atoms with Crippen LogP contribution in [0.2, 0.25) is 0 Å². The Hall–Kier alpha value is -1.99. The van der Waals surface area contributed by atoms with Gasteiger partial charge in [-0.25, -0.2) is 0 Å². The molecular weight excluding hydrogens is 266 g/mol. The van der Waals surface area contributed by atoms with Crippen LogP contribution in [0, 0.1) is 18.3 Å². The molecule has 0 N–H and O–H groups in total. The van der Waals surface area contributed by atoms with Crippen LogP contribution in [0.25, 0.3) is 0 Å². The van der Waals surface area contributed by atoms with E-state index in [1.54, 1.807) is 13.2 Å². The largest absolute Gasteiger partial charge is 0.497 e. The summed E-state index contributed by atoms with van der Waals surface area (Å²) in [5.41, 5.74) is 0.677. The Morgan fingerprint density at radius 2 is 2.19 bits per heavy atom. The Kier molecular flexibility index (Phi) is 5.65. The number of piperidine rings is 1. The maximum absolute atomic E-state index is 12.4. The summed E-state index contributed by atoms with van der Waals surface area (Å²) in [5.74, 6) is 3.73. The number of likely N-dealkylation sites (tertiary alicyclic amines) is 1. The standard InChI is InChI=1S/C17H21NO3/c1-3-11-21-13-14-7-9-18(10-8-14)17(19)15-5-4-6-16(12-15)20-2/h1,4-6,12,14H,7-11,13H2,2H3. The fraction of sp³-hybridized carbons (Fsp3) is 0.471. The smallest absolute Gasteiger partial charge is 0.253 e. The van der Waals surface area contributed by atoms with Crippen LogP contribution in [0.4, 0.5) is 0 Å². The van der Waals surface area contributed by atoms with Crippen molar-refractivity contribution in [3.05, 3.63) is 29.8 Å². The summed E-state index contributed by atoms with van der Waals surface area (Å²) in [5, 5.41) is 0. The summed E-state index contributed by atoms with van der Waals surface area (Å²) >= 11 is 0. The number of methoxy groups -OCH3 is 1. The Morgan fingerprint density at radius 3 is 2.86 bits per heavy atom. The van der Waals surface area contributed by atoms with Crippen LogP contribution in [0.15, 0.2) is 24.3 Å². The van der Waals surface area contributed by atoms with Gasteiger partial charge in [0.15, 0.2) is 0 Å². The van der Waals surface area contributed by atoms with Crippen molar-refractivity contribution in [1.82, 2.24) is 4.90 Å². The first-order valence-electron chi connectivity index (χ1n) is 7.19. The molecule has 1 heterocycles. The van der Waals surface area contributed by atoms with Gasteiger partial charge in [0.05, 0.1) is 13.7 Å². The van der Waals surface area contributed by atoms with Crippen LogP contribution in [0.1, 0.15) is 23.2 Å². The summed E-state index contributed by atoms with van der Waals surface area (Å²) in [6, 6.07) is 7.29. The zero-order valence-electron chi connectivity index (χ0n) is 12.4. The minimum absolute atomic E-state index is 0.0666. The molecule has 0 unspecified atom stereocenters. The fourth-order valence-corrected chi connectivity index (χ4v) is 2.53. The molecule has 0 saturated carbocycles. The van der Waals surface area contributed by atoms with Gasteiger partial charge in [-0.2, -0.15) is 0 Å². The molecule has 1 saturated heterocycles. The molecule has 1 aromatic carbocycles. The summed E-state index contributed by atoms with van der Waals surface area (Å²) < 4.78 is 10.5. The first-order valence-corrected chi connectivity index (χ1v) is 7.19. The van der Waals surface area contributed by atoms with E-state index in [4.69, 9.17) is 15.9 Å². The number of terminal acetylenes is 1. The van der Waals surface area contributed by atoms with E-state index in [9.17, 15) is 4.79 Å². The van der Waals surface area contributed by atoms with Crippen LogP contribution in [0.5, 0.6) is 5.75 Å². The average molecular weight is 287 g/mol. The van der Waals surface area contributed by atoms with Crippen molar-refractivity contribution in [1.29, 1.82) is 0 Å². The number of rotatable bonds is 5. The minimum Gasteiger partial charge on any atom is -0.497 e. The lowest BCUT2D eigenvalue weighted by molar-refractivity contribution is 0.0581. The SMILES string of the molecule is C#CCOCC1CCN(C(=O)c2cccc(OC)c2)CC1. The van der Waals surface area contributed by atoms with E-state index in [0.717, 1.165) is 25.9 Å². The molecule has 1 amide bonds. The van der Waals surface area contributed by atoms with E-state index < -0.39 is 0 Å². The van der Waals surface area contributed by atoms with Crippen molar-refractivity contribution < 1.29 is 14.3 Å². The van der Waals surface area contributed by atoms with Gasteiger partial charge in [-0.3, -0.25) is 4.79 Å². The second kappa shape index (κ2) is 7.70. The molecule has 21 heavy (non-hydrogen) atoms. The van der Waals surface area contributed by atoms with Crippen molar-refractivity contribution in [2.24, 2.45) is 5.92 Å². The number of nitrogens with zero attached hydrogens (tertiary/aromatic N) is 1. The highest BCUT2D eigenvalue weighted by Gasteiger charge is 2.23. The van der Waals surface area contributed by atoms with E-state index in [1.165, 1.54) is 0 Å². The molecule has 1 fully saturated rings. The van der Waals surface area contributed by atoms with Crippen molar-refractivity contribution in [3.63, 3.8) is 0 Å². The van der Waals surface area contributed by atoms with Crippen molar-refractivity contribution in [3.8, 4) is 18.1 Å². The topological polar surface area (TPSA) is 38.8 Å². The van der Waals surface area contributed by atoms with E-state index in [0.29, 0.717) is 30.4 Å². The molecule has 4 heteroatoms. The predicted octanol–water partition coefficient (Wildman–Crippen LogP) is 2.20. The third-order valence-electron chi connectivity index (χ3n) is 3.76. The molecule has 0 aromatic heterocycles. The highest BCUT2D eigenvalue weighted by atomic mass is 16.5. The number of hydrogen-bond acceptors (Lipinski definition) is 3. The number of amides is 1. The van der Waals surface area contributed by atoms with Gasteiger partial charge in [0.25, 0.3) is 5.91 Å². The summed E-state index contributed by atoms with van der Waals surface area (Å²) in [6.45, 7) is 2.58. The van der Waals surface area contributed by atoms with Gasteiger partial charge >= 0.3 is 0 Å². The van der Waals surface area contributed by atoms with Crippen LogP contribution in [-0.2, 0) is 4.74 Å². The molecule has 2 rings (SSSR count). The second-order valence-corrected chi connectivity index (χ2v) is 5.19. The molecule has 0 atom stereocenters. The highest BCUT2D eigenvalue weighted by Crippen LogP contribution is 2.21. The summed E-state index contributed by atoms with van der Waals surface area (Å²) in [7, 11) is 1.60. The predicted molar refractivity (Wildman–Crippen MR) is 81.3 cm³/mol. The number of hydrogen-bond donors (Lipinski definition) is 0. The molecule has 0 radical (unpaired) electrons. The average Bonchev–Trinajstić information content (AvgIpc) is 2.55. The van der Waals surface area contributed by atoms with E-state index >= 15 is 0 Å². The first-order chi connectivity index (χ1) is 10.2. The van der Waals surface area contributed by atoms with Crippen LogP contribution in [-0.4, -0.2) is 44.2 Å².